The van der Waals surface area contributed by atoms with Gasteiger partial charge in [-0.2, -0.15) is 0 Å². The van der Waals surface area contributed by atoms with E-state index in [1.165, 1.54) is 0 Å². The minimum absolute atomic E-state index is 0. The molecule has 0 heterocycles. The minimum atomic E-state index is -0.439. The highest BCUT2D eigenvalue weighted by Gasteiger charge is 2.16. The molecule has 0 aliphatic heterocycles. The summed E-state index contributed by atoms with van der Waals surface area (Å²) in [6, 6.07) is 21.1. The molecule has 3 aromatic rings. The van der Waals surface area contributed by atoms with Crippen LogP contribution in [0.3, 0.4) is 0 Å². The molecule has 152 valence electrons. The molecule has 0 aliphatic carbocycles. The van der Waals surface area contributed by atoms with E-state index in [0.717, 1.165) is 5.56 Å². The van der Waals surface area contributed by atoms with Crippen molar-refractivity contribution in [3.05, 3.63) is 89.7 Å². The number of carbonyl (C=O) groups is 1. The average Bonchev–Trinajstić information content (AvgIpc) is 2.74. The van der Waals surface area contributed by atoms with Gasteiger partial charge in [-0.25, -0.2) is 4.39 Å². The van der Waals surface area contributed by atoms with Gasteiger partial charge in [-0.15, -0.1) is 12.4 Å². The van der Waals surface area contributed by atoms with Crippen LogP contribution in [0.25, 0.3) is 11.1 Å². The maximum absolute atomic E-state index is 14.7. The SMILES string of the molecule is CCOc1cccc(-c2cccc(C(=O)N[C@@H](CN)c3ccccc3)c2)c1F.Cl. The van der Waals surface area contributed by atoms with Gasteiger partial charge in [0.25, 0.3) is 5.91 Å². The molecule has 0 saturated carbocycles. The zero-order valence-corrected chi connectivity index (χ0v) is 16.9. The first-order valence-corrected chi connectivity index (χ1v) is 9.21. The lowest BCUT2D eigenvalue weighted by Crippen LogP contribution is -2.33. The Morgan fingerprint density at radius 3 is 2.48 bits per heavy atom. The summed E-state index contributed by atoms with van der Waals surface area (Å²) in [6.07, 6.45) is 0. The van der Waals surface area contributed by atoms with Gasteiger partial charge in [-0.3, -0.25) is 4.79 Å². The second-order valence-electron chi connectivity index (χ2n) is 6.30. The van der Waals surface area contributed by atoms with E-state index in [0.29, 0.717) is 23.3 Å². The average molecular weight is 415 g/mol. The summed E-state index contributed by atoms with van der Waals surface area (Å²) in [5.41, 5.74) is 8.21. The van der Waals surface area contributed by atoms with Crippen molar-refractivity contribution in [1.29, 1.82) is 0 Å². The van der Waals surface area contributed by atoms with Crippen molar-refractivity contribution in [3.8, 4) is 16.9 Å². The van der Waals surface area contributed by atoms with Gasteiger partial charge in [0.2, 0.25) is 0 Å². The Morgan fingerprint density at radius 1 is 1.07 bits per heavy atom. The van der Waals surface area contributed by atoms with Crippen LogP contribution < -0.4 is 15.8 Å². The molecular weight excluding hydrogens is 391 g/mol. The molecule has 0 bridgehead atoms. The van der Waals surface area contributed by atoms with E-state index in [-0.39, 0.29) is 36.7 Å². The fourth-order valence-electron chi connectivity index (χ4n) is 3.03. The molecule has 6 heteroatoms. The number of nitrogens with two attached hydrogens (primary N) is 1. The molecule has 29 heavy (non-hydrogen) atoms. The maximum Gasteiger partial charge on any atom is 0.251 e. The number of hydrogen-bond donors (Lipinski definition) is 2. The fraction of sp³-hybridized carbons (Fsp3) is 0.174. The molecule has 1 atom stereocenters. The number of halogens is 2. The first-order chi connectivity index (χ1) is 13.6. The Bertz CT molecular complexity index is 951. The van der Waals surface area contributed by atoms with Gasteiger partial charge >= 0.3 is 0 Å². The highest BCUT2D eigenvalue weighted by molar-refractivity contribution is 5.95. The number of rotatable bonds is 7. The van der Waals surface area contributed by atoms with Crippen LogP contribution >= 0.6 is 12.4 Å². The summed E-state index contributed by atoms with van der Waals surface area (Å²) < 4.78 is 20.0. The third-order valence-corrected chi connectivity index (χ3v) is 4.44. The number of nitrogens with one attached hydrogen (secondary N) is 1. The summed E-state index contributed by atoms with van der Waals surface area (Å²) in [5.74, 6) is -0.504. The zero-order valence-electron chi connectivity index (χ0n) is 16.1. The number of amides is 1. The predicted molar refractivity (Wildman–Crippen MR) is 116 cm³/mol. The van der Waals surface area contributed by atoms with Crippen molar-refractivity contribution in [3.63, 3.8) is 0 Å². The Kier molecular flexibility index (Phi) is 8.19. The Morgan fingerprint density at radius 2 is 1.79 bits per heavy atom. The highest BCUT2D eigenvalue weighted by Crippen LogP contribution is 2.29. The Balaban J connectivity index is 0.00000300. The molecule has 0 aromatic heterocycles. The molecule has 4 nitrogen and oxygen atoms in total. The first-order valence-electron chi connectivity index (χ1n) is 9.21. The molecule has 0 unspecified atom stereocenters. The van der Waals surface area contributed by atoms with Crippen LogP contribution in [0.2, 0.25) is 0 Å². The molecule has 0 fully saturated rings. The van der Waals surface area contributed by atoms with Crippen molar-refractivity contribution >= 4 is 18.3 Å². The monoisotopic (exact) mass is 414 g/mol. The quantitative estimate of drug-likeness (QED) is 0.586. The van der Waals surface area contributed by atoms with Gasteiger partial charge in [-0.1, -0.05) is 54.6 Å². The summed E-state index contributed by atoms with van der Waals surface area (Å²) in [6.45, 7) is 2.46. The third-order valence-electron chi connectivity index (χ3n) is 4.44. The van der Waals surface area contributed by atoms with Gasteiger partial charge in [0, 0.05) is 17.7 Å². The molecule has 0 saturated heterocycles. The van der Waals surface area contributed by atoms with Gasteiger partial charge in [0.1, 0.15) is 0 Å². The van der Waals surface area contributed by atoms with Crippen LogP contribution in [0.5, 0.6) is 5.75 Å². The Hall–Kier alpha value is -2.89. The lowest BCUT2D eigenvalue weighted by atomic mass is 10.0. The maximum atomic E-state index is 14.7. The van der Waals surface area contributed by atoms with Crippen LogP contribution in [-0.2, 0) is 0 Å². The van der Waals surface area contributed by atoms with Crippen LogP contribution in [0, 0.1) is 5.82 Å². The summed E-state index contributed by atoms with van der Waals surface area (Å²) >= 11 is 0. The lowest BCUT2D eigenvalue weighted by molar-refractivity contribution is 0.0938. The number of benzene rings is 3. The molecule has 3 N–H and O–H groups in total. The van der Waals surface area contributed by atoms with E-state index in [9.17, 15) is 9.18 Å². The zero-order chi connectivity index (χ0) is 19.9. The Labute approximate surface area is 176 Å². The molecular formula is C23H24ClFN2O2. The van der Waals surface area contributed by atoms with E-state index < -0.39 is 5.82 Å². The smallest absolute Gasteiger partial charge is 0.251 e. The van der Waals surface area contributed by atoms with Crippen LogP contribution in [0.4, 0.5) is 4.39 Å². The van der Waals surface area contributed by atoms with Gasteiger partial charge in [0.15, 0.2) is 11.6 Å². The standard InChI is InChI=1S/C23H23FN2O2.ClH/c1-2-28-21-13-7-12-19(22(21)24)17-10-6-11-18(14-17)23(27)26-20(15-25)16-8-4-3-5-9-16;/h3-14,20H,2,15,25H2,1H3,(H,26,27);1H/t20-;/m0./s1. The molecule has 0 spiro atoms. The van der Waals surface area contributed by atoms with Crippen molar-refractivity contribution in [2.45, 2.75) is 13.0 Å². The minimum Gasteiger partial charge on any atom is -0.491 e. The molecule has 3 rings (SSSR count). The summed E-state index contributed by atoms with van der Waals surface area (Å²) in [5, 5.41) is 2.94. The van der Waals surface area contributed by atoms with E-state index in [1.54, 1.807) is 49.4 Å². The third kappa shape index (κ3) is 5.34. The van der Waals surface area contributed by atoms with E-state index in [2.05, 4.69) is 5.32 Å². The van der Waals surface area contributed by atoms with Crippen molar-refractivity contribution in [2.24, 2.45) is 5.73 Å². The van der Waals surface area contributed by atoms with E-state index in [1.807, 2.05) is 30.3 Å². The summed E-state index contributed by atoms with van der Waals surface area (Å²) in [7, 11) is 0. The molecule has 0 aliphatic rings. The number of ether oxygens (including phenoxy) is 1. The van der Waals surface area contributed by atoms with Crippen molar-refractivity contribution in [1.82, 2.24) is 5.32 Å². The number of carbonyl (C=O) groups excluding carboxylic acids is 1. The van der Waals surface area contributed by atoms with Crippen LogP contribution in [0.15, 0.2) is 72.8 Å². The second kappa shape index (κ2) is 10.6. The predicted octanol–water partition coefficient (Wildman–Crippen LogP) is 4.74. The lowest BCUT2D eigenvalue weighted by Gasteiger charge is -2.17. The van der Waals surface area contributed by atoms with Crippen LogP contribution in [0.1, 0.15) is 28.9 Å². The normalized spacial score (nSPS) is 11.3. The van der Waals surface area contributed by atoms with Gasteiger partial charge in [-0.05, 0) is 36.2 Å². The molecule has 3 aromatic carbocycles. The van der Waals surface area contributed by atoms with Gasteiger partial charge in [0.05, 0.1) is 12.6 Å². The molecule has 1 amide bonds. The van der Waals surface area contributed by atoms with Gasteiger partial charge < -0.3 is 15.8 Å². The first kappa shape index (κ1) is 22.4. The van der Waals surface area contributed by atoms with E-state index in [4.69, 9.17) is 10.5 Å². The van der Waals surface area contributed by atoms with E-state index >= 15 is 0 Å². The van der Waals surface area contributed by atoms with Crippen molar-refractivity contribution in [2.75, 3.05) is 13.2 Å². The second-order valence-corrected chi connectivity index (χ2v) is 6.30. The number of hydrogen-bond acceptors (Lipinski definition) is 3. The largest absolute Gasteiger partial charge is 0.491 e. The van der Waals surface area contributed by atoms with Crippen LogP contribution in [-0.4, -0.2) is 19.1 Å². The molecule has 0 radical (unpaired) electrons. The summed E-state index contributed by atoms with van der Waals surface area (Å²) in [4.78, 5) is 12.7. The topological polar surface area (TPSA) is 64.3 Å². The highest BCUT2D eigenvalue weighted by atomic mass is 35.5. The van der Waals surface area contributed by atoms with Crippen molar-refractivity contribution < 1.29 is 13.9 Å². The fourth-order valence-corrected chi connectivity index (χ4v) is 3.03.